The highest BCUT2D eigenvalue weighted by Gasteiger charge is 2.30. The van der Waals surface area contributed by atoms with Crippen molar-refractivity contribution in [3.05, 3.63) is 60.8 Å². The van der Waals surface area contributed by atoms with Crippen molar-refractivity contribution in [3.63, 3.8) is 0 Å². The number of allylic oxidation sites excluding steroid dienone is 10. The first-order chi connectivity index (χ1) is 46.7. The van der Waals surface area contributed by atoms with Crippen molar-refractivity contribution in [2.24, 2.45) is 0 Å². The van der Waals surface area contributed by atoms with Gasteiger partial charge in [-0.25, -0.2) is 9.13 Å². The molecule has 0 radical (unpaired) electrons. The van der Waals surface area contributed by atoms with E-state index in [0.717, 1.165) is 167 Å². The summed E-state index contributed by atoms with van der Waals surface area (Å²) >= 11 is 0. The Balaban J connectivity index is 5.34. The van der Waals surface area contributed by atoms with E-state index in [-0.39, 0.29) is 25.7 Å². The molecular formula is C77H140O17P2. The summed E-state index contributed by atoms with van der Waals surface area (Å²) < 4.78 is 68.4. The molecule has 560 valence electrons. The molecular weight excluding hydrogens is 1260 g/mol. The van der Waals surface area contributed by atoms with Gasteiger partial charge in [-0.3, -0.25) is 37.3 Å². The fourth-order valence-electron chi connectivity index (χ4n) is 10.5. The summed E-state index contributed by atoms with van der Waals surface area (Å²) in [6.45, 7) is 4.79. The molecule has 0 bridgehead atoms. The SMILES string of the molecule is CCC/C=C\C/C=C\CCCCCCCC(=O)OCC(COP(=O)(O)OCC(O)COP(=O)(O)OCC(COC(=O)CCCCCCC/C=C\CCCCCCCC)OC(=O)CCCCCCC/C=C\CCCCCCCC)OC(=O)CCCCCCC/C=C\CCCCCC. The molecule has 3 N–H and O–H groups in total. The summed E-state index contributed by atoms with van der Waals surface area (Å²) in [5, 5.41) is 10.6. The molecule has 19 heteroatoms. The lowest BCUT2D eigenvalue weighted by Crippen LogP contribution is -2.30. The van der Waals surface area contributed by atoms with E-state index in [1.54, 1.807) is 0 Å². The van der Waals surface area contributed by atoms with Gasteiger partial charge in [-0.15, -0.1) is 0 Å². The van der Waals surface area contributed by atoms with Gasteiger partial charge in [0.05, 0.1) is 26.4 Å². The van der Waals surface area contributed by atoms with Crippen LogP contribution in [0.15, 0.2) is 60.8 Å². The molecule has 0 saturated carbocycles. The lowest BCUT2D eigenvalue weighted by Gasteiger charge is -2.21. The predicted octanol–water partition coefficient (Wildman–Crippen LogP) is 21.9. The van der Waals surface area contributed by atoms with Crippen LogP contribution in [0.5, 0.6) is 0 Å². The van der Waals surface area contributed by atoms with Crippen LogP contribution in [-0.4, -0.2) is 96.7 Å². The minimum atomic E-state index is -4.97. The highest BCUT2D eigenvalue weighted by Crippen LogP contribution is 2.45. The van der Waals surface area contributed by atoms with E-state index in [1.807, 2.05) is 0 Å². The van der Waals surface area contributed by atoms with Crippen molar-refractivity contribution in [2.75, 3.05) is 39.6 Å². The number of phosphoric ester groups is 2. The first-order valence-electron chi connectivity index (χ1n) is 38.5. The standard InChI is InChI=1S/C77H140O17P2/c1-5-9-13-17-21-25-29-33-35-39-42-46-50-54-58-62-75(80)88-68-73(94-77(82)64-60-56-52-48-44-40-36-34-30-26-22-18-14-10-6-2)70-92-96(85,86)90-66-71(78)65-89-95(83,84)91-69-72(93-76(81)63-59-55-51-47-43-38-32-28-24-20-16-12-8-4)67-87-74(79)61-57-53-49-45-41-37-31-27-23-19-15-11-7-3/h15,19,27-28,31-36,71-73,78H,5-14,16-18,20-26,29-30,37-70H2,1-4H3,(H,83,84)(H,85,86)/b19-15-,31-27-,32-28-,35-33-,36-34-. The maximum absolute atomic E-state index is 13.1. The van der Waals surface area contributed by atoms with Crippen molar-refractivity contribution in [1.82, 2.24) is 0 Å². The lowest BCUT2D eigenvalue weighted by atomic mass is 10.1. The van der Waals surface area contributed by atoms with Crippen LogP contribution >= 0.6 is 15.6 Å². The zero-order chi connectivity index (χ0) is 70.4. The average Bonchev–Trinajstić information content (AvgIpc) is 1.17. The molecule has 96 heavy (non-hydrogen) atoms. The molecule has 0 saturated heterocycles. The van der Waals surface area contributed by atoms with Gasteiger partial charge < -0.3 is 33.8 Å². The van der Waals surface area contributed by atoms with Crippen LogP contribution in [0.2, 0.25) is 0 Å². The zero-order valence-corrected chi connectivity index (χ0v) is 62.8. The molecule has 5 atom stereocenters. The van der Waals surface area contributed by atoms with E-state index in [0.29, 0.717) is 25.7 Å². The Morgan fingerprint density at radius 2 is 0.531 bits per heavy atom. The Bertz CT molecular complexity index is 2060. The van der Waals surface area contributed by atoms with Crippen LogP contribution in [0.4, 0.5) is 0 Å². The van der Waals surface area contributed by atoms with Crippen LogP contribution in [0.25, 0.3) is 0 Å². The minimum Gasteiger partial charge on any atom is -0.462 e. The summed E-state index contributed by atoms with van der Waals surface area (Å²) in [5.74, 6) is -2.19. The molecule has 0 rings (SSSR count). The summed E-state index contributed by atoms with van der Waals surface area (Å²) in [4.78, 5) is 72.8. The number of hydrogen-bond donors (Lipinski definition) is 3. The van der Waals surface area contributed by atoms with E-state index < -0.39 is 97.5 Å². The number of carbonyl (C=O) groups is 4. The van der Waals surface area contributed by atoms with Crippen LogP contribution < -0.4 is 0 Å². The number of ether oxygens (including phenoxy) is 4. The molecule has 5 unspecified atom stereocenters. The zero-order valence-electron chi connectivity index (χ0n) is 61.1. The molecule has 0 fully saturated rings. The van der Waals surface area contributed by atoms with Crippen molar-refractivity contribution >= 4 is 39.5 Å². The lowest BCUT2D eigenvalue weighted by molar-refractivity contribution is -0.161. The first-order valence-corrected chi connectivity index (χ1v) is 41.5. The topological polar surface area (TPSA) is 237 Å². The maximum Gasteiger partial charge on any atom is 0.472 e. The maximum atomic E-state index is 13.1. The first kappa shape index (κ1) is 92.8. The Morgan fingerprint density at radius 1 is 0.292 bits per heavy atom. The highest BCUT2D eigenvalue weighted by atomic mass is 31.2. The number of carbonyl (C=O) groups excluding carboxylic acids is 4. The summed E-state index contributed by atoms with van der Waals surface area (Å²) in [5.41, 5.74) is 0. The van der Waals surface area contributed by atoms with Gasteiger partial charge in [-0.05, 0) is 128 Å². The van der Waals surface area contributed by atoms with Crippen LogP contribution in [-0.2, 0) is 65.4 Å². The van der Waals surface area contributed by atoms with Gasteiger partial charge in [0.25, 0.3) is 0 Å². The van der Waals surface area contributed by atoms with Gasteiger partial charge in [0.1, 0.15) is 19.3 Å². The Hall–Kier alpha value is -3.24. The van der Waals surface area contributed by atoms with Gasteiger partial charge in [0, 0.05) is 25.7 Å². The quantitative estimate of drug-likeness (QED) is 0.0169. The van der Waals surface area contributed by atoms with Crippen molar-refractivity contribution in [3.8, 4) is 0 Å². The van der Waals surface area contributed by atoms with Gasteiger partial charge in [-0.2, -0.15) is 0 Å². The summed E-state index contributed by atoms with van der Waals surface area (Å²) in [6.07, 6.45) is 67.8. The number of aliphatic hydroxyl groups is 1. The molecule has 0 aliphatic rings. The average molecular weight is 1400 g/mol. The molecule has 0 aromatic rings. The molecule has 0 spiro atoms. The fourth-order valence-corrected chi connectivity index (χ4v) is 12.1. The number of phosphoric acid groups is 2. The monoisotopic (exact) mass is 1400 g/mol. The number of unbranched alkanes of at least 4 members (excludes halogenated alkanes) is 37. The summed E-state index contributed by atoms with van der Waals surface area (Å²) in [7, 11) is -9.94. The fraction of sp³-hybridized carbons (Fsp3) is 0.818. The number of aliphatic hydroxyl groups excluding tert-OH is 1. The van der Waals surface area contributed by atoms with Crippen LogP contribution in [0.3, 0.4) is 0 Å². The minimum absolute atomic E-state index is 0.0848. The van der Waals surface area contributed by atoms with E-state index >= 15 is 0 Å². The third kappa shape index (κ3) is 69.2. The van der Waals surface area contributed by atoms with Crippen LogP contribution in [0, 0.1) is 0 Å². The summed E-state index contributed by atoms with van der Waals surface area (Å²) in [6, 6.07) is 0. The van der Waals surface area contributed by atoms with Crippen molar-refractivity contribution in [1.29, 1.82) is 0 Å². The normalized spacial score (nSPS) is 14.3. The largest absolute Gasteiger partial charge is 0.472 e. The van der Waals surface area contributed by atoms with E-state index in [2.05, 4.69) is 88.5 Å². The number of rotatable bonds is 73. The van der Waals surface area contributed by atoms with Crippen molar-refractivity contribution in [2.45, 2.75) is 367 Å². The van der Waals surface area contributed by atoms with Gasteiger partial charge in [0.2, 0.25) is 0 Å². The number of hydrogen-bond acceptors (Lipinski definition) is 15. The molecule has 0 aromatic heterocycles. The van der Waals surface area contributed by atoms with Gasteiger partial charge >= 0.3 is 39.5 Å². The number of esters is 4. The van der Waals surface area contributed by atoms with E-state index in [1.165, 1.54) is 103 Å². The second-order valence-corrected chi connectivity index (χ2v) is 28.8. The molecule has 0 amide bonds. The van der Waals surface area contributed by atoms with Gasteiger partial charge in [0.15, 0.2) is 12.2 Å². The second-order valence-electron chi connectivity index (χ2n) is 25.9. The molecule has 0 aromatic carbocycles. The Kier molecular flexibility index (Phi) is 67.8. The smallest absolute Gasteiger partial charge is 0.462 e. The van der Waals surface area contributed by atoms with E-state index in [4.69, 9.17) is 37.0 Å². The predicted molar refractivity (Wildman–Crippen MR) is 390 cm³/mol. The third-order valence-corrected chi connectivity index (χ3v) is 18.3. The van der Waals surface area contributed by atoms with Gasteiger partial charge in [-0.1, -0.05) is 255 Å². The molecule has 0 aliphatic heterocycles. The second kappa shape index (κ2) is 70.2. The Labute approximate surface area is 584 Å². The Morgan fingerprint density at radius 3 is 0.833 bits per heavy atom. The molecule has 0 heterocycles. The van der Waals surface area contributed by atoms with Crippen molar-refractivity contribution < 1.29 is 80.2 Å². The molecule has 17 nitrogen and oxygen atoms in total. The van der Waals surface area contributed by atoms with E-state index in [9.17, 15) is 43.2 Å². The molecule has 0 aliphatic carbocycles. The highest BCUT2D eigenvalue weighted by molar-refractivity contribution is 7.47. The third-order valence-electron chi connectivity index (χ3n) is 16.4. The van der Waals surface area contributed by atoms with Crippen LogP contribution in [0.1, 0.15) is 349 Å².